The smallest absolute Gasteiger partial charge is 0.258 e. The van der Waals surface area contributed by atoms with Gasteiger partial charge in [0.2, 0.25) is 0 Å². The zero-order chi connectivity index (χ0) is 14.4. The molecule has 2 N–H and O–H groups in total. The summed E-state index contributed by atoms with van der Waals surface area (Å²) in [6.07, 6.45) is 2.27. The molecule has 100 valence electrons. The number of hydrogen-bond donors (Lipinski definition) is 2. The van der Waals surface area contributed by atoms with Gasteiger partial charge in [-0.2, -0.15) is 0 Å². The van der Waals surface area contributed by atoms with E-state index in [9.17, 15) is 9.18 Å². The lowest BCUT2D eigenvalue weighted by molar-refractivity contribution is 0.102. The highest BCUT2D eigenvalue weighted by Crippen LogP contribution is 2.08. The maximum atomic E-state index is 13.0. The molecule has 0 fully saturated rings. The Hall–Kier alpha value is -2.78. The lowest BCUT2D eigenvalue weighted by Gasteiger charge is -2.04. The van der Waals surface area contributed by atoms with Crippen LogP contribution in [0.4, 0.5) is 10.2 Å². The molecule has 0 aliphatic heterocycles. The molecule has 0 bridgehead atoms. The van der Waals surface area contributed by atoms with E-state index in [0.29, 0.717) is 5.69 Å². The molecule has 0 spiro atoms. The number of amides is 1. The van der Waals surface area contributed by atoms with Crippen molar-refractivity contribution < 1.29 is 14.3 Å². The van der Waals surface area contributed by atoms with E-state index in [1.54, 1.807) is 18.2 Å². The SMILES string of the molecule is O=C(Nc1cccc(C#CCO)n1)c1cncc(F)c1. The van der Waals surface area contributed by atoms with Crippen LogP contribution in [-0.2, 0) is 0 Å². The predicted octanol–water partition coefficient (Wildman–Crippen LogP) is 1.21. The van der Waals surface area contributed by atoms with Crippen LogP contribution in [0.15, 0.2) is 36.7 Å². The number of pyridine rings is 2. The number of aliphatic hydroxyl groups excluding tert-OH is 1. The van der Waals surface area contributed by atoms with Crippen molar-refractivity contribution in [3.63, 3.8) is 0 Å². The molecule has 1 amide bonds. The summed E-state index contributed by atoms with van der Waals surface area (Å²) in [4.78, 5) is 19.5. The van der Waals surface area contributed by atoms with Crippen LogP contribution in [-0.4, -0.2) is 27.6 Å². The highest BCUT2D eigenvalue weighted by atomic mass is 19.1. The van der Waals surface area contributed by atoms with Crippen LogP contribution >= 0.6 is 0 Å². The minimum atomic E-state index is -0.590. The number of aliphatic hydroxyl groups is 1. The summed E-state index contributed by atoms with van der Waals surface area (Å²) in [5.74, 6) is 4.25. The highest BCUT2D eigenvalue weighted by molar-refractivity contribution is 6.03. The van der Waals surface area contributed by atoms with Crippen molar-refractivity contribution in [1.82, 2.24) is 9.97 Å². The Labute approximate surface area is 114 Å². The molecule has 0 aliphatic rings. The van der Waals surface area contributed by atoms with Gasteiger partial charge in [0.25, 0.3) is 5.91 Å². The van der Waals surface area contributed by atoms with Crippen molar-refractivity contribution >= 4 is 11.7 Å². The molecule has 2 heterocycles. The van der Waals surface area contributed by atoms with E-state index in [1.165, 1.54) is 6.20 Å². The van der Waals surface area contributed by atoms with Gasteiger partial charge in [-0.25, -0.2) is 9.37 Å². The second-order valence-corrected chi connectivity index (χ2v) is 3.71. The third-order valence-corrected chi connectivity index (χ3v) is 2.25. The molecule has 6 heteroatoms. The maximum absolute atomic E-state index is 13.0. The van der Waals surface area contributed by atoms with Gasteiger partial charge >= 0.3 is 0 Å². The molecule has 0 aliphatic carbocycles. The molecule has 20 heavy (non-hydrogen) atoms. The van der Waals surface area contributed by atoms with Crippen LogP contribution in [0.1, 0.15) is 16.1 Å². The fourth-order valence-electron chi connectivity index (χ4n) is 1.43. The van der Waals surface area contributed by atoms with E-state index < -0.39 is 11.7 Å². The summed E-state index contributed by atoms with van der Waals surface area (Å²) in [5.41, 5.74) is 0.507. The second kappa shape index (κ2) is 6.41. The number of carbonyl (C=O) groups excluding carboxylic acids is 1. The van der Waals surface area contributed by atoms with Crippen LogP contribution in [0.2, 0.25) is 0 Å². The van der Waals surface area contributed by atoms with Crippen molar-refractivity contribution in [2.24, 2.45) is 0 Å². The number of hydrogen-bond acceptors (Lipinski definition) is 4. The number of aromatic nitrogens is 2. The maximum Gasteiger partial charge on any atom is 0.258 e. The fraction of sp³-hybridized carbons (Fsp3) is 0.0714. The van der Waals surface area contributed by atoms with E-state index in [4.69, 9.17) is 5.11 Å². The minimum Gasteiger partial charge on any atom is -0.384 e. The average Bonchev–Trinajstić information content (AvgIpc) is 2.45. The summed E-state index contributed by atoms with van der Waals surface area (Å²) in [5, 5.41) is 11.1. The van der Waals surface area contributed by atoms with Gasteiger partial charge in [-0.1, -0.05) is 12.0 Å². The van der Waals surface area contributed by atoms with E-state index in [2.05, 4.69) is 27.1 Å². The summed E-state index contributed by atoms with van der Waals surface area (Å²) in [6, 6.07) is 5.96. The summed E-state index contributed by atoms with van der Waals surface area (Å²) >= 11 is 0. The highest BCUT2D eigenvalue weighted by Gasteiger charge is 2.08. The third kappa shape index (κ3) is 3.60. The van der Waals surface area contributed by atoms with E-state index in [0.717, 1.165) is 12.3 Å². The van der Waals surface area contributed by atoms with Gasteiger partial charge in [-0.15, -0.1) is 0 Å². The number of anilines is 1. The topological polar surface area (TPSA) is 75.1 Å². The minimum absolute atomic E-state index is 0.0960. The molecule has 0 saturated carbocycles. The van der Waals surface area contributed by atoms with Gasteiger partial charge in [0.15, 0.2) is 0 Å². The van der Waals surface area contributed by atoms with Gasteiger partial charge in [0, 0.05) is 6.20 Å². The normalized spacial score (nSPS) is 9.50. The molecule has 5 nitrogen and oxygen atoms in total. The molecule has 0 saturated heterocycles. The number of nitrogens with zero attached hydrogens (tertiary/aromatic N) is 2. The van der Waals surface area contributed by atoms with Gasteiger partial charge in [-0.3, -0.25) is 9.78 Å². The number of nitrogens with one attached hydrogen (secondary N) is 1. The zero-order valence-electron chi connectivity index (χ0n) is 10.3. The molecule has 0 atom stereocenters. The Bertz CT molecular complexity index is 692. The van der Waals surface area contributed by atoms with Crippen LogP contribution in [0.5, 0.6) is 0 Å². The lowest BCUT2D eigenvalue weighted by atomic mass is 10.2. The lowest BCUT2D eigenvalue weighted by Crippen LogP contribution is -2.13. The van der Waals surface area contributed by atoms with Crippen LogP contribution < -0.4 is 5.32 Å². The van der Waals surface area contributed by atoms with Crippen molar-refractivity contribution in [3.8, 4) is 11.8 Å². The summed E-state index contributed by atoms with van der Waals surface area (Å²) in [7, 11) is 0. The molecule has 0 unspecified atom stereocenters. The molecular formula is C14H10FN3O2. The summed E-state index contributed by atoms with van der Waals surface area (Å²) in [6.45, 7) is -0.271. The number of carbonyl (C=O) groups is 1. The van der Waals surface area contributed by atoms with Gasteiger partial charge in [-0.05, 0) is 24.1 Å². The molecule has 0 radical (unpaired) electrons. The Morgan fingerprint density at radius 3 is 3.00 bits per heavy atom. The Balaban J connectivity index is 2.15. The molecule has 2 rings (SSSR count). The second-order valence-electron chi connectivity index (χ2n) is 3.71. The first-order valence-corrected chi connectivity index (χ1v) is 5.68. The molecule has 0 aromatic carbocycles. The molecular weight excluding hydrogens is 261 g/mol. The molecule has 2 aromatic heterocycles. The Morgan fingerprint density at radius 2 is 2.25 bits per heavy atom. The summed E-state index contributed by atoms with van der Waals surface area (Å²) < 4.78 is 13.0. The Morgan fingerprint density at radius 1 is 1.40 bits per heavy atom. The van der Waals surface area contributed by atoms with Crippen molar-refractivity contribution in [3.05, 3.63) is 53.7 Å². The van der Waals surface area contributed by atoms with Gasteiger partial charge < -0.3 is 10.4 Å². The van der Waals surface area contributed by atoms with Gasteiger partial charge in [0.1, 0.15) is 23.9 Å². The van der Waals surface area contributed by atoms with E-state index >= 15 is 0 Å². The van der Waals surface area contributed by atoms with Crippen LogP contribution in [0.3, 0.4) is 0 Å². The quantitative estimate of drug-likeness (QED) is 0.805. The van der Waals surface area contributed by atoms with E-state index in [1.807, 2.05) is 0 Å². The van der Waals surface area contributed by atoms with Crippen molar-refractivity contribution in [2.45, 2.75) is 0 Å². The number of halogens is 1. The first kappa shape index (κ1) is 13.6. The fourth-order valence-corrected chi connectivity index (χ4v) is 1.43. The van der Waals surface area contributed by atoms with Crippen LogP contribution in [0.25, 0.3) is 0 Å². The largest absolute Gasteiger partial charge is 0.384 e. The van der Waals surface area contributed by atoms with Crippen molar-refractivity contribution in [2.75, 3.05) is 11.9 Å². The van der Waals surface area contributed by atoms with Crippen LogP contribution in [0, 0.1) is 17.7 Å². The number of rotatable bonds is 2. The van der Waals surface area contributed by atoms with Gasteiger partial charge in [0.05, 0.1) is 11.8 Å². The molecule has 2 aromatic rings. The standard InChI is InChI=1S/C14H10FN3O2/c15-11-7-10(8-16-9-11)14(20)18-13-5-1-3-12(17-13)4-2-6-19/h1,3,5,7-9,19H,6H2,(H,17,18,20). The first-order chi connectivity index (χ1) is 9.69. The predicted molar refractivity (Wildman–Crippen MR) is 70.3 cm³/mol. The Kier molecular flexibility index (Phi) is 4.37. The zero-order valence-corrected chi connectivity index (χ0v) is 10.3. The third-order valence-electron chi connectivity index (χ3n) is 2.25. The van der Waals surface area contributed by atoms with E-state index in [-0.39, 0.29) is 18.0 Å². The van der Waals surface area contributed by atoms with Crippen molar-refractivity contribution in [1.29, 1.82) is 0 Å². The monoisotopic (exact) mass is 271 g/mol. The first-order valence-electron chi connectivity index (χ1n) is 5.68. The average molecular weight is 271 g/mol.